The predicted molar refractivity (Wildman–Crippen MR) is 101 cm³/mol. The Labute approximate surface area is 149 Å². The summed E-state index contributed by atoms with van der Waals surface area (Å²) in [5.74, 6) is 5.82. The van der Waals surface area contributed by atoms with Crippen molar-refractivity contribution < 1.29 is 0 Å². The lowest BCUT2D eigenvalue weighted by atomic mass is 10.1. The summed E-state index contributed by atoms with van der Waals surface area (Å²) in [7, 11) is 2.15. The zero-order chi connectivity index (χ0) is 17.4. The summed E-state index contributed by atoms with van der Waals surface area (Å²) in [6.45, 7) is 6.46. The van der Waals surface area contributed by atoms with E-state index in [0.717, 1.165) is 25.9 Å². The first-order valence-corrected chi connectivity index (χ1v) is 9.56. The Morgan fingerprint density at radius 1 is 1.42 bits per heavy atom. The Kier molecular flexibility index (Phi) is 7.78. The fourth-order valence-corrected chi connectivity index (χ4v) is 3.90. The van der Waals surface area contributed by atoms with Crippen LogP contribution in [-0.2, 0) is 0 Å². The van der Waals surface area contributed by atoms with Crippen molar-refractivity contribution >= 4 is 11.3 Å². The van der Waals surface area contributed by atoms with Gasteiger partial charge < -0.3 is 0 Å². The van der Waals surface area contributed by atoms with Gasteiger partial charge in [0.15, 0.2) is 0 Å². The minimum absolute atomic E-state index is 0.388. The van der Waals surface area contributed by atoms with Gasteiger partial charge in [0.25, 0.3) is 0 Å². The van der Waals surface area contributed by atoms with E-state index in [2.05, 4.69) is 41.8 Å². The van der Waals surface area contributed by atoms with E-state index in [0.29, 0.717) is 12.1 Å². The molecule has 1 fully saturated rings. The quantitative estimate of drug-likeness (QED) is 0.837. The van der Waals surface area contributed by atoms with Crippen molar-refractivity contribution in [1.29, 1.82) is 0 Å². The van der Waals surface area contributed by atoms with Crippen LogP contribution >= 0.6 is 11.3 Å². The highest BCUT2D eigenvalue weighted by molar-refractivity contribution is 7.09. The summed E-state index contributed by atoms with van der Waals surface area (Å²) in [4.78, 5) is 10.7. The molecule has 1 aliphatic rings. The van der Waals surface area contributed by atoms with Crippen LogP contribution in [0.2, 0.25) is 0 Å². The Bertz CT molecular complexity index is 560. The Morgan fingerprint density at radius 3 is 2.75 bits per heavy atom. The van der Waals surface area contributed by atoms with E-state index < -0.39 is 0 Å². The normalized spacial score (nSPS) is 19.1. The molecule has 1 saturated heterocycles. The molecule has 0 saturated carbocycles. The molecule has 0 aliphatic carbocycles. The predicted octanol–water partition coefficient (Wildman–Crippen LogP) is 3.64. The maximum atomic E-state index is 5.82. The maximum Gasteiger partial charge on any atom is 0.110 e. The second-order valence-electron chi connectivity index (χ2n) is 6.05. The van der Waals surface area contributed by atoms with Gasteiger partial charge in [0, 0.05) is 30.5 Å². The minimum Gasteiger partial charge on any atom is -0.297 e. The topological polar surface area (TPSA) is 58.3 Å². The van der Waals surface area contributed by atoms with E-state index >= 15 is 0 Å². The second-order valence-corrected chi connectivity index (χ2v) is 6.98. The van der Waals surface area contributed by atoms with E-state index in [9.17, 15) is 0 Å². The van der Waals surface area contributed by atoms with Gasteiger partial charge in [0.05, 0.1) is 12.1 Å². The van der Waals surface area contributed by atoms with Crippen LogP contribution in [0.4, 0.5) is 0 Å². The zero-order valence-corrected chi connectivity index (χ0v) is 15.7. The Hall–Kier alpha value is -1.34. The van der Waals surface area contributed by atoms with Gasteiger partial charge in [-0.05, 0) is 44.5 Å². The summed E-state index contributed by atoms with van der Waals surface area (Å²) < 4.78 is 0. The van der Waals surface area contributed by atoms with Crippen molar-refractivity contribution in [3.63, 3.8) is 0 Å². The fourth-order valence-electron chi connectivity index (χ4n) is 3.01. The van der Waals surface area contributed by atoms with Crippen molar-refractivity contribution in [1.82, 2.24) is 19.9 Å². The third-order valence-electron chi connectivity index (χ3n) is 4.52. The van der Waals surface area contributed by atoms with Crippen LogP contribution in [-0.4, -0.2) is 40.0 Å². The van der Waals surface area contributed by atoms with Crippen LogP contribution in [0.3, 0.4) is 0 Å². The third kappa shape index (κ3) is 5.08. The molecule has 2 N–H and O–H groups in total. The molecular formula is C18H29N5S. The van der Waals surface area contributed by atoms with Gasteiger partial charge in [-0.25, -0.2) is 9.99 Å². The average molecular weight is 348 g/mol. The van der Waals surface area contributed by atoms with Crippen molar-refractivity contribution in [2.75, 3.05) is 20.1 Å². The molecule has 2 unspecified atom stereocenters. The first kappa shape index (κ1) is 19.0. The van der Waals surface area contributed by atoms with Crippen LogP contribution < -0.4 is 5.84 Å². The summed E-state index contributed by atoms with van der Waals surface area (Å²) >= 11 is 1.75. The summed E-state index contributed by atoms with van der Waals surface area (Å²) in [6.07, 6.45) is 9.05. The highest BCUT2D eigenvalue weighted by atomic mass is 32.1. The molecule has 0 aromatic carbocycles. The lowest BCUT2D eigenvalue weighted by molar-refractivity contribution is 0.251. The molecule has 24 heavy (non-hydrogen) atoms. The third-order valence-corrected chi connectivity index (χ3v) is 5.39. The van der Waals surface area contributed by atoms with Crippen molar-refractivity contribution in [2.24, 2.45) is 5.84 Å². The fraction of sp³-hybridized carbons (Fsp3) is 0.556. The molecule has 2 aromatic rings. The molecule has 132 valence electrons. The van der Waals surface area contributed by atoms with Crippen LogP contribution in [0.5, 0.6) is 0 Å². The lowest BCUT2D eigenvalue weighted by Gasteiger charge is -2.23. The van der Waals surface area contributed by atoms with Gasteiger partial charge in [-0.15, -0.1) is 11.3 Å². The number of nitrogens with two attached hydrogens (primary N) is 1. The zero-order valence-electron chi connectivity index (χ0n) is 14.9. The molecule has 3 heterocycles. The van der Waals surface area contributed by atoms with Crippen molar-refractivity contribution in [2.45, 2.75) is 45.2 Å². The molecule has 2 atom stereocenters. The molecule has 0 spiro atoms. The molecule has 2 aromatic heterocycles. The average Bonchev–Trinajstić information content (AvgIpc) is 3.28. The molecule has 0 radical (unpaired) electrons. The summed E-state index contributed by atoms with van der Waals surface area (Å²) in [5, 5.41) is 5.18. The molecule has 6 heteroatoms. The summed E-state index contributed by atoms with van der Waals surface area (Å²) in [6, 6.07) is 4.94. The molecule has 3 rings (SSSR count). The maximum absolute atomic E-state index is 5.82. The first-order chi connectivity index (χ1) is 11.7. The van der Waals surface area contributed by atoms with Crippen LogP contribution in [0, 0.1) is 0 Å². The smallest absolute Gasteiger partial charge is 0.110 e. The van der Waals surface area contributed by atoms with E-state index in [1.54, 1.807) is 17.5 Å². The van der Waals surface area contributed by atoms with Crippen LogP contribution in [0.1, 0.15) is 55.8 Å². The van der Waals surface area contributed by atoms with Crippen LogP contribution in [0.25, 0.3) is 0 Å². The monoisotopic (exact) mass is 347 g/mol. The number of thiazole rings is 1. The van der Waals surface area contributed by atoms with E-state index in [4.69, 9.17) is 5.84 Å². The molecule has 5 nitrogen and oxygen atoms in total. The number of hydrogen-bond donors (Lipinski definition) is 1. The molecular weight excluding hydrogens is 318 g/mol. The van der Waals surface area contributed by atoms with E-state index in [1.807, 2.05) is 28.8 Å². The highest BCUT2D eigenvalue weighted by Crippen LogP contribution is 2.28. The lowest BCUT2D eigenvalue weighted by Crippen LogP contribution is -2.30. The van der Waals surface area contributed by atoms with Gasteiger partial charge in [-0.1, -0.05) is 19.9 Å². The number of hydrazine groups is 1. The molecule has 1 aliphatic heterocycles. The van der Waals surface area contributed by atoms with Gasteiger partial charge in [0.2, 0.25) is 0 Å². The van der Waals surface area contributed by atoms with Gasteiger partial charge >= 0.3 is 0 Å². The van der Waals surface area contributed by atoms with Crippen LogP contribution in [0.15, 0.2) is 36.1 Å². The van der Waals surface area contributed by atoms with E-state index in [1.165, 1.54) is 17.0 Å². The molecule has 0 bridgehead atoms. The van der Waals surface area contributed by atoms with E-state index in [-0.39, 0.29) is 0 Å². The minimum atomic E-state index is 0.388. The van der Waals surface area contributed by atoms with Crippen molar-refractivity contribution in [3.05, 3.63) is 46.7 Å². The number of hydrogen-bond acceptors (Lipinski definition) is 6. The highest BCUT2D eigenvalue weighted by Gasteiger charge is 2.22. The Morgan fingerprint density at radius 2 is 2.25 bits per heavy atom. The standard InChI is InChI=1S/C9H13N3.C9H16N2S/c10-12-6-2-4-9(12)8-3-1-5-11-7-8;1-4-8(11(3)5-2)9-10-6-7-12-9/h1,3,5,7,9H,2,4,6,10H2;6-8H,4-5H2,1-3H3. The van der Waals surface area contributed by atoms with Gasteiger partial charge in [-0.3, -0.25) is 15.7 Å². The first-order valence-electron chi connectivity index (χ1n) is 8.68. The number of nitrogens with zero attached hydrogens (tertiary/aromatic N) is 4. The van der Waals surface area contributed by atoms with Gasteiger partial charge in [-0.2, -0.15) is 0 Å². The number of rotatable bonds is 5. The SMILES string of the molecule is CCC(c1nccs1)N(C)CC.NN1CCCC1c1cccnc1. The largest absolute Gasteiger partial charge is 0.297 e. The molecule has 0 amide bonds. The Balaban J connectivity index is 0.000000174. The number of pyridine rings is 1. The number of aromatic nitrogens is 2. The van der Waals surface area contributed by atoms with Crippen molar-refractivity contribution in [3.8, 4) is 0 Å². The van der Waals surface area contributed by atoms with Gasteiger partial charge in [0.1, 0.15) is 5.01 Å². The second kappa shape index (κ2) is 9.84. The summed E-state index contributed by atoms with van der Waals surface area (Å²) in [5.41, 5.74) is 1.23.